The molecule has 1 aromatic rings. The second-order valence-corrected chi connectivity index (χ2v) is 6.09. The van der Waals surface area contributed by atoms with Crippen LogP contribution in [-0.4, -0.2) is 23.9 Å². The second kappa shape index (κ2) is 6.91. The molecule has 0 heterocycles. The van der Waals surface area contributed by atoms with Crippen molar-refractivity contribution in [1.29, 1.82) is 0 Å². The molecule has 0 spiro atoms. The number of nitrogens with one attached hydrogen (secondary N) is 1. The minimum absolute atomic E-state index is 0.0235. The summed E-state index contributed by atoms with van der Waals surface area (Å²) in [6, 6.07) is 5.90. The van der Waals surface area contributed by atoms with Crippen molar-refractivity contribution in [2.75, 3.05) is 12.4 Å². The summed E-state index contributed by atoms with van der Waals surface area (Å²) >= 11 is 5.96. The molecule has 0 atom stereocenters. The lowest BCUT2D eigenvalue weighted by Crippen LogP contribution is -2.16. The van der Waals surface area contributed by atoms with Crippen molar-refractivity contribution in [3.8, 4) is 5.75 Å². The first-order valence-electron chi connectivity index (χ1n) is 6.30. The van der Waals surface area contributed by atoms with Gasteiger partial charge in [-0.25, -0.2) is 0 Å². The van der Waals surface area contributed by atoms with Gasteiger partial charge in [0.25, 0.3) is 0 Å². The Morgan fingerprint density at radius 2 is 2.10 bits per heavy atom. The minimum atomic E-state index is -4.22. The Hall–Kier alpha value is -0.590. The summed E-state index contributed by atoms with van der Waals surface area (Å²) in [6.07, 6.45) is 2.33. The highest BCUT2D eigenvalue weighted by Gasteiger charge is 2.27. The molecule has 1 aliphatic carbocycles. The van der Waals surface area contributed by atoms with E-state index < -0.39 is 5.51 Å². The summed E-state index contributed by atoms with van der Waals surface area (Å²) in [4.78, 5) is 0. The molecule has 2 nitrogen and oxygen atoms in total. The normalized spacial score (nSPS) is 15.4. The van der Waals surface area contributed by atoms with E-state index in [0.29, 0.717) is 23.4 Å². The Morgan fingerprint density at radius 3 is 2.75 bits per heavy atom. The molecule has 0 bridgehead atoms. The van der Waals surface area contributed by atoms with Crippen molar-refractivity contribution in [2.24, 2.45) is 0 Å². The van der Waals surface area contributed by atoms with E-state index in [9.17, 15) is 13.2 Å². The van der Waals surface area contributed by atoms with Gasteiger partial charge in [0.2, 0.25) is 0 Å². The van der Waals surface area contributed by atoms with Gasteiger partial charge >= 0.3 is 5.51 Å². The highest BCUT2D eigenvalue weighted by molar-refractivity contribution is 8.00. The number of hydrogen-bond acceptors (Lipinski definition) is 3. The molecular formula is C13H15ClF3NOS. The molecule has 0 radical (unpaired) electrons. The van der Waals surface area contributed by atoms with Gasteiger partial charge in [-0.3, -0.25) is 0 Å². The Bertz CT molecular complexity index is 452. The van der Waals surface area contributed by atoms with E-state index in [1.807, 2.05) is 12.1 Å². The van der Waals surface area contributed by atoms with Gasteiger partial charge < -0.3 is 10.1 Å². The Balaban J connectivity index is 1.87. The molecule has 2 rings (SSSR count). The number of ether oxygens (including phenoxy) is 1. The average molecular weight is 326 g/mol. The molecule has 1 saturated carbocycles. The van der Waals surface area contributed by atoms with Crippen molar-refractivity contribution >= 4 is 23.4 Å². The number of halogens is 4. The fourth-order valence-electron chi connectivity index (χ4n) is 1.70. The molecule has 0 unspecified atom stereocenters. The lowest BCUT2D eigenvalue weighted by Gasteiger charge is -2.14. The average Bonchev–Trinajstić information content (AvgIpc) is 3.17. The minimum Gasteiger partial charge on any atom is -0.491 e. The fraction of sp³-hybridized carbons (Fsp3) is 0.538. The van der Waals surface area contributed by atoms with Crippen LogP contribution in [0, 0.1) is 0 Å². The summed E-state index contributed by atoms with van der Waals surface area (Å²) in [5.41, 5.74) is -3.35. The SMILES string of the molecule is FC(F)(F)SCCOc1c(Cl)cccc1CNC1CC1. The van der Waals surface area contributed by atoms with Crippen molar-refractivity contribution in [2.45, 2.75) is 30.9 Å². The standard InChI is InChI=1S/C13H15ClF3NOS/c14-11-3-1-2-9(8-18-10-4-5-10)12(11)19-6-7-20-13(15,16)17/h1-3,10,18H,4-8H2. The lowest BCUT2D eigenvalue weighted by molar-refractivity contribution is -0.0329. The lowest BCUT2D eigenvalue weighted by atomic mass is 10.2. The van der Waals surface area contributed by atoms with Crippen LogP contribution >= 0.6 is 23.4 Å². The van der Waals surface area contributed by atoms with E-state index in [-0.39, 0.29) is 24.1 Å². The maximum Gasteiger partial charge on any atom is 0.441 e. The molecular weight excluding hydrogens is 311 g/mol. The van der Waals surface area contributed by atoms with Gasteiger partial charge in [0, 0.05) is 23.9 Å². The van der Waals surface area contributed by atoms with Crippen LogP contribution in [0.5, 0.6) is 5.75 Å². The molecule has 1 fully saturated rings. The predicted octanol–water partition coefficient (Wildman–Crippen LogP) is 4.22. The van der Waals surface area contributed by atoms with Gasteiger partial charge in [0.05, 0.1) is 11.6 Å². The van der Waals surface area contributed by atoms with Crippen molar-refractivity contribution < 1.29 is 17.9 Å². The molecule has 0 saturated heterocycles. The van der Waals surface area contributed by atoms with Gasteiger partial charge in [0.1, 0.15) is 5.75 Å². The van der Waals surface area contributed by atoms with Crippen molar-refractivity contribution in [1.82, 2.24) is 5.32 Å². The van der Waals surface area contributed by atoms with E-state index in [0.717, 1.165) is 5.56 Å². The van der Waals surface area contributed by atoms with E-state index in [1.54, 1.807) is 6.07 Å². The van der Waals surface area contributed by atoms with Crippen LogP contribution in [0.4, 0.5) is 13.2 Å². The number of thioether (sulfide) groups is 1. The Kier molecular flexibility index (Phi) is 5.46. The second-order valence-electron chi connectivity index (χ2n) is 4.53. The molecule has 20 heavy (non-hydrogen) atoms. The number of rotatable bonds is 7. The monoisotopic (exact) mass is 325 g/mol. The fourth-order valence-corrected chi connectivity index (χ4v) is 2.34. The quantitative estimate of drug-likeness (QED) is 0.758. The van der Waals surface area contributed by atoms with Crippen molar-refractivity contribution in [3.63, 3.8) is 0 Å². The number of hydrogen-bond donors (Lipinski definition) is 1. The van der Waals surface area contributed by atoms with Crippen LogP contribution < -0.4 is 10.1 Å². The van der Waals surface area contributed by atoms with Gasteiger partial charge in [-0.05, 0) is 30.7 Å². The van der Waals surface area contributed by atoms with Crippen LogP contribution in [-0.2, 0) is 6.54 Å². The molecule has 1 aliphatic rings. The molecule has 112 valence electrons. The largest absolute Gasteiger partial charge is 0.491 e. The summed E-state index contributed by atoms with van der Waals surface area (Å²) in [5, 5.41) is 3.76. The van der Waals surface area contributed by atoms with Gasteiger partial charge in [-0.2, -0.15) is 13.2 Å². The Labute approximate surface area is 125 Å². The third-order valence-corrected chi connectivity index (χ3v) is 3.80. The number of alkyl halides is 3. The van der Waals surface area contributed by atoms with Crippen LogP contribution in [0.3, 0.4) is 0 Å². The third-order valence-electron chi connectivity index (χ3n) is 2.80. The molecule has 0 aromatic heterocycles. The molecule has 0 aliphatic heterocycles. The van der Waals surface area contributed by atoms with Gasteiger partial charge in [-0.15, -0.1) is 0 Å². The highest BCUT2D eigenvalue weighted by Crippen LogP contribution is 2.32. The van der Waals surface area contributed by atoms with Crippen LogP contribution in [0.1, 0.15) is 18.4 Å². The van der Waals surface area contributed by atoms with Gasteiger partial charge in [0.15, 0.2) is 0 Å². The first kappa shape index (κ1) is 15.8. The summed E-state index contributed by atoms with van der Waals surface area (Å²) < 4.78 is 41.5. The van der Waals surface area contributed by atoms with E-state index in [2.05, 4.69) is 5.32 Å². The summed E-state index contributed by atoms with van der Waals surface area (Å²) in [6.45, 7) is 0.595. The predicted molar refractivity (Wildman–Crippen MR) is 75.3 cm³/mol. The number of para-hydroxylation sites is 1. The zero-order valence-electron chi connectivity index (χ0n) is 10.7. The topological polar surface area (TPSA) is 21.3 Å². The molecule has 0 amide bonds. The maximum absolute atomic E-state index is 12.0. The van der Waals surface area contributed by atoms with E-state index in [1.165, 1.54) is 12.8 Å². The van der Waals surface area contributed by atoms with Crippen LogP contribution in [0.2, 0.25) is 5.02 Å². The summed E-state index contributed by atoms with van der Waals surface area (Å²) in [7, 11) is 0. The van der Waals surface area contributed by atoms with E-state index >= 15 is 0 Å². The molecule has 1 N–H and O–H groups in total. The van der Waals surface area contributed by atoms with Crippen LogP contribution in [0.15, 0.2) is 18.2 Å². The molecule has 7 heteroatoms. The zero-order valence-corrected chi connectivity index (χ0v) is 12.2. The zero-order chi connectivity index (χ0) is 14.6. The highest BCUT2D eigenvalue weighted by atomic mass is 35.5. The van der Waals surface area contributed by atoms with Crippen molar-refractivity contribution in [3.05, 3.63) is 28.8 Å². The third kappa shape index (κ3) is 5.42. The molecule has 1 aromatic carbocycles. The van der Waals surface area contributed by atoms with Gasteiger partial charge in [-0.1, -0.05) is 23.7 Å². The first-order valence-corrected chi connectivity index (χ1v) is 7.66. The first-order chi connectivity index (χ1) is 9.46. The summed E-state index contributed by atoms with van der Waals surface area (Å²) in [5.74, 6) is 0.328. The number of benzene rings is 1. The van der Waals surface area contributed by atoms with Crippen LogP contribution in [0.25, 0.3) is 0 Å². The smallest absolute Gasteiger partial charge is 0.441 e. The Morgan fingerprint density at radius 1 is 1.35 bits per heavy atom. The van der Waals surface area contributed by atoms with E-state index in [4.69, 9.17) is 16.3 Å². The maximum atomic E-state index is 12.0.